The summed E-state index contributed by atoms with van der Waals surface area (Å²) in [7, 11) is -2.15. The number of nitrogens with zero attached hydrogens (tertiary/aromatic N) is 10. The molecule has 16 rings (SSSR count). The lowest BCUT2D eigenvalue weighted by Crippen LogP contribution is -2.22. The lowest BCUT2D eigenvalue weighted by molar-refractivity contribution is 0.161. The van der Waals surface area contributed by atoms with Crippen LogP contribution in [0.1, 0.15) is 148 Å². The van der Waals surface area contributed by atoms with Crippen molar-refractivity contribution in [1.29, 1.82) is 26.3 Å². The number of nitrogens with one attached hydrogen (secondary N) is 5. The Bertz CT molecular complexity index is 8000. The van der Waals surface area contributed by atoms with E-state index in [1.807, 2.05) is 208 Å². The first-order valence-electron chi connectivity index (χ1n) is 48.9. The third-order valence-electron chi connectivity index (χ3n) is 24.3. The number of sulfonamides is 3. The van der Waals surface area contributed by atoms with Crippen molar-refractivity contribution in [3.63, 3.8) is 0 Å². The van der Waals surface area contributed by atoms with Crippen molar-refractivity contribution in [2.24, 2.45) is 0 Å². The maximum atomic E-state index is 12.6. The number of fused-ring (bicyclic) bond motifs is 5. The fourth-order valence-corrected chi connectivity index (χ4v) is 20.6. The number of aryl methyl sites for hydroxylation is 5. The van der Waals surface area contributed by atoms with Crippen LogP contribution in [0.2, 0.25) is 0 Å². The third-order valence-corrected chi connectivity index (χ3v) is 28.8. The zero-order valence-electron chi connectivity index (χ0n) is 85.8. The zero-order valence-corrected chi connectivity index (χ0v) is 88.3. The van der Waals surface area contributed by atoms with E-state index in [2.05, 4.69) is 113 Å². The molecule has 30 nitrogen and oxygen atoms in total. The summed E-state index contributed by atoms with van der Waals surface area (Å²) >= 11 is 0. The number of aromatic nitrogens is 5. The number of ether oxygens (including phenoxy) is 7. The van der Waals surface area contributed by atoms with Crippen molar-refractivity contribution in [1.82, 2.24) is 22.8 Å². The van der Waals surface area contributed by atoms with Gasteiger partial charge in [-0.15, -0.1) is 0 Å². The Balaban J connectivity index is 0.000000164. The molecule has 0 bridgehead atoms. The van der Waals surface area contributed by atoms with Gasteiger partial charge in [-0.2, -0.15) is 26.3 Å². The van der Waals surface area contributed by atoms with Crippen LogP contribution in [-0.2, 0) is 78.0 Å². The number of hydrogen-bond acceptors (Lipinski definition) is 20. The Morgan fingerprint density at radius 1 is 0.311 bits per heavy atom. The predicted molar refractivity (Wildman–Crippen MR) is 589 cm³/mol. The average molecular weight is 2050 g/mol. The summed E-state index contributed by atoms with van der Waals surface area (Å²) in [6, 6.07) is 85.9. The molecule has 0 aliphatic rings. The lowest BCUT2D eigenvalue weighted by atomic mass is 10.1. The Morgan fingerprint density at radius 3 is 0.804 bits per heavy atom. The number of amides is 2. The van der Waals surface area contributed by atoms with Crippen molar-refractivity contribution >= 4 is 125 Å². The van der Waals surface area contributed by atoms with Crippen LogP contribution in [0, 0.1) is 56.7 Å². The second-order valence-electron chi connectivity index (χ2n) is 34.8. The lowest BCUT2D eigenvalue weighted by Gasteiger charge is -2.13. The minimum Gasteiger partial charge on any atom is -0.497 e. The van der Waals surface area contributed by atoms with Crippen molar-refractivity contribution in [2.45, 2.75) is 158 Å². The van der Waals surface area contributed by atoms with Gasteiger partial charge in [-0.3, -0.25) is 24.8 Å². The maximum absolute atomic E-state index is 12.6. The molecule has 5 N–H and O–H groups in total. The van der Waals surface area contributed by atoms with Gasteiger partial charge < -0.3 is 56.0 Å². The minimum absolute atomic E-state index is 0.0832. The van der Waals surface area contributed by atoms with Gasteiger partial charge in [0.05, 0.1) is 149 Å². The smallest absolute Gasteiger partial charge is 0.411 e. The second kappa shape index (κ2) is 51.2. The molecule has 0 atom stereocenters. The van der Waals surface area contributed by atoms with E-state index in [0.717, 1.165) is 216 Å². The standard InChI is InChI=1S/C26H25N3O3S.C23H25N3O3.2C22H25N3O3S.C22H23N3O3/c1-3-15-29-25-16-22(32-2)13-14-23(25)24(17-27)26(29)20-9-11-21(12-10-20)28-33(30,31)18-19-7-5-4-6-8-19;1-4-12-26-21-14-18(28-3)10-11-19(21)20(15-24)22(26)16-6-8-17(9-7-16)25-23(27)29-13-5-2;1-5-12-25-21-13-18(28-4)10-11-19(21)20(14-23)22(25)16-6-8-17(9-7-16)24-29(26,27)15(2)3;1-4-12-25-21-14-18(28-3)10-11-19(21)20(15-23)22(25)16-6-8-17(9-7-16)24-29(26,27)13-5-2;1-4-12-25-20-13-17(27-3)10-11-18(20)19(14-23)21(25)15-6-8-16(9-7-15)24-22(26)28-5-2/h4-14,16,28H,3,15,18H2,1-2H3;6-11,14H,4-5,12-13H2,1-3H3,(H,25,27);6-11,13,15,24H,5,12H2,1-4H3;6-11,14,24H,4-5,12-13H2,1-3H3;6-11,13H,4-5,12H2,1-3H3,(H,24,26). The molecule has 0 radical (unpaired) electrons. The van der Waals surface area contributed by atoms with Crippen LogP contribution < -0.4 is 48.5 Å². The van der Waals surface area contributed by atoms with Gasteiger partial charge in [0.15, 0.2) is 0 Å². The summed E-state index contributed by atoms with van der Waals surface area (Å²) in [5.74, 6) is 3.71. The van der Waals surface area contributed by atoms with E-state index in [0.29, 0.717) is 75.9 Å². The van der Waals surface area contributed by atoms with Crippen LogP contribution >= 0.6 is 0 Å². The average Bonchev–Trinajstić information content (AvgIpc) is 1.62. The first kappa shape index (κ1) is 110. The summed E-state index contributed by atoms with van der Waals surface area (Å²) in [5.41, 5.74) is 20.0. The van der Waals surface area contributed by atoms with Gasteiger partial charge in [0.1, 0.15) is 59.1 Å². The van der Waals surface area contributed by atoms with Crippen LogP contribution in [0.25, 0.3) is 111 Å². The Labute approximate surface area is 865 Å². The summed E-state index contributed by atoms with van der Waals surface area (Å²) in [4.78, 5) is 23.3. The van der Waals surface area contributed by atoms with Gasteiger partial charge >= 0.3 is 12.2 Å². The topological polar surface area (TPSA) is 405 Å². The highest BCUT2D eigenvalue weighted by Crippen LogP contribution is 2.43. The van der Waals surface area contributed by atoms with E-state index in [1.54, 1.807) is 105 Å². The van der Waals surface area contributed by atoms with Crippen molar-refractivity contribution in [3.05, 3.63) is 276 Å². The molecule has 0 aliphatic heterocycles. The molecule has 766 valence electrons. The van der Waals surface area contributed by atoms with Crippen LogP contribution in [0.3, 0.4) is 0 Å². The molecule has 11 aromatic carbocycles. The molecule has 0 aliphatic carbocycles. The number of carbonyl (C=O) groups excluding carboxylic acids is 2. The number of carbonyl (C=O) groups is 2. The quantitative estimate of drug-likeness (QED) is 0.0243. The van der Waals surface area contributed by atoms with Crippen LogP contribution in [0.4, 0.5) is 38.0 Å². The van der Waals surface area contributed by atoms with Gasteiger partial charge in [-0.05, 0) is 220 Å². The van der Waals surface area contributed by atoms with Gasteiger partial charge in [-0.25, -0.2) is 34.8 Å². The first-order chi connectivity index (χ1) is 71.4. The maximum Gasteiger partial charge on any atom is 0.411 e. The summed E-state index contributed by atoms with van der Waals surface area (Å²) in [5, 5.41) is 58.7. The molecule has 0 spiro atoms. The number of rotatable bonds is 36. The van der Waals surface area contributed by atoms with Crippen LogP contribution in [-0.4, -0.2) is 120 Å². The van der Waals surface area contributed by atoms with E-state index in [4.69, 9.17) is 33.2 Å². The summed E-state index contributed by atoms with van der Waals surface area (Å²) < 4.78 is 129. The Kier molecular flexibility index (Phi) is 38.1. The number of benzene rings is 11. The highest BCUT2D eigenvalue weighted by Gasteiger charge is 2.28. The Morgan fingerprint density at radius 2 is 0.568 bits per heavy atom. The third kappa shape index (κ3) is 26.0. The van der Waals surface area contributed by atoms with E-state index in [-0.39, 0.29) is 11.5 Å². The minimum atomic E-state index is -3.54. The van der Waals surface area contributed by atoms with E-state index < -0.39 is 47.5 Å². The van der Waals surface area contributed by atoms with Crippen molar-refractivity contribution < 1.29 is 68.0 Å². The molecule has 148 heavy (non-hydrogen) atoms. The molecule has 0 fully saturated rings. The molecule has 16 aromatic rings. The monoisotopic (exact) mass is 2050 g/mol. The van der Waals surface area contributed by atoms with E-state index in [9.17, 15) is 61.2 Å². The molecule has 0 saturated heterocycles. The molecule has 5 heterocycles. The number of nitriles is 5. The SMILES string of the molecule is CCCOC(=O)Nc1ccc(-c2c(C#N)c3ccc(OC)cc3n2CCC)cc1.CCCn1c(-c2ccc(NC(=O)OCC)cc2)c(C#N)c2ccc(OC)cc21.CCCn1c(-c2ccc(NS(=O)(=O)C(C)C)cc2)c(C#N)c2ccc(OC)cc21.CCCn1c(-c2ccc(NS(=O)(=O)CCC)cc2)c(C#N)c2ccc(OC)cc21.CCCn1c(-c2ccc(NS(=O)(=O)Cc3ccccc3)cc2)c(C#N)c2ccc(OC)cc21. The highest BCUT2D eigenvalue weighted by molar-refractivity contribution is 7.93. The number of hydrogen-bond donors (Lipinski definition) is 5. The van der Waals surface area contributed by atoms with Gasteiger partial charge in [0.2, 0.25) is 30.1 Å². The fraction of sp³-hybridized carbons (Fsp3) is 0.278. The zero-order chi connectivity index (χ0) is 107. The highest BCUT2D eigenvalue weighted by atomic mass is 32.2. The fourth-order valence-electron chi connectivity index (χ4n) is 17.6. The van der Waals surface area contributed by atoms with Crippen LogP contribution in [0.5, 0.6) is 28.7 Å². The molecule has 2 amide bonds. The summed E-state index contributed by atoms with van der Waals surface area (Å²) in [6.07, 6.45) is 4.96. The molecule has 0 unspecified atom stereocenters. The first-order valence-corrected chi connectivity index (χ1v) is 53.8. The summed E-state index contributed by atoms with van der Waals surface area (Å²) in [6.45, 7) is 23.8. The molecule has 0 saturated carbocycles. The normalized spacial score (nSPS) is 11.1. The van der Waals surface area contributed by atoms with Gasteiger partial charge in [0.25, 0.3) is 0 Å². The van der Waals surface area contributed by atoms with Gasteiger partial charge in [-0.1, -0.05) is 139 Å². The molecular formula is C115H123N15O15S3. The van der Waals surface area contributed by atoms with Crippen LogP contribution in [0.15, 0.2) is 243 Å². The van der Waals surface area contributed by atoms with E-state index in [1.165, 1.54) is 0 Å². The van der Waals surface area contributed by atoms with E-state index >= 15 is 0 Å². The Hall–Kier alpha value is -16.6. The molecular weight excluding hydrogens is 1930 g/mol. The number of anilines is 5. The largest absolute Gasteiger partial charge is 0.497 e. The molecule has 33 heteroatoms. The second-order valence-corrected chi connectivity index (χ2v) is 40.6. The molecule has 5 aromatic heterocycles. The van der Waals surface area contributed by atoms with Crippen molar-refractivity contribution in [2.75, 3.05) is 79.3 Å². The van der Waals surface area contributed by atoms with Crippen molar-refractivity contribution in [3.8, 4) is 115 Å². The predicted octanol–water partition coefficient (Wildman–Crippen LogP) is 25.8. The van der Waals surface area contributed by atoms with Gasteiger partial charge in [0, 0.05) is 118 Å². The number of methoxy groups -OCH3 is 5.